The third-order valence-corrected chi connectivity index (χ3v) is 7.95. The van der Waals surface area contributed by atoms with Crippen molar-refractivity contribution in [3.05, 3.63) is 41.5 Å². The molecule has 0 saturated carbocycles. The normalized spacial score (nSPS) is 31.5. The van der Waals surface area contributed by atoms with E-state index >= 15 is 0 Å². The number of ether oxygens (including phenoxy) is 1. The number of rotatable bonds is 5. The molecular formula is C25H36INO2. The van der Waals surface area contributed by atoms with Crippen molar-refractivity contribution < 1.29 is 38.0 Å². The van der Waals surface area contributed by atoms with Crippen LogP contribution >= 0.6 is 0 Å². The lowest BCUT2D eigenvalue weighted by Crippen LogP contribution is -3.00. The summed E-state index contributed by atoms with van der Waals surface area (Å²) < 4.78 is 7.23. The highest BCUT2D eigenvalue weighted by Gasteiger charge is 2.53. The molecule has 1 aromatic carbocycles. The van der Waals surface area contributed by atoms with Gasteiger partial charge in [-0.25, -0.2) is 0 Å². The molecule has 2 atom stereocenters. The molecule has 0 N–H and O–H groups in total. The van der Waals surface area contributed by atoms with E-state index < -0.39 is 0 Å². The predicted octanol–water partition coefficient (Wildman–Crippen LogP) is 2.50. The molecule has 29 heavy (non-hydrogen) atoms. The van der Waals surface area contributed by atoms with E-state index in [0.29, 0.717) is 24.5 Å². The number of fused-ring (bicyclic) bond motifs is 2. The second-order valence-corrected chi connectivity index (χ2v) is 9.62. The van der Waals surface area contributed by atoms with Crippen LogP contribution in [0.3, 0.4) is 0 Å². The van der Waals surface area contributed by atoms with E-state index in [2.05, 4.69) is 51.2 Å². The van der Waals surface area contributed by atoms with E-state index in [-0.39, 0.29) is 36.0 Å². The number of halogens is 1. The molecule has 4 heteroatoms. The third kappa shape index (κ3) is 4.58. The number of hydrogen-bond donors (Lipinski definition) is 0. The van der Waals surface area contributed by atoms with Crippen LogP contribution in [0.2, 0.25) is 0 Å². The smallest absolute Gasteiger partial charge is 0.310 e. The summed E-state index contributed by atoms with van der Waals surface area (Å²) in [6.45, 7) is 4.69. The summed E-state index contributed by atoms with van der Waals surface area (Å²) in [5.74, 6) is -0.00428. The Hall–Kier alpha value is -0.880. The van der Waals surface area contributed by atoms with Gasteiger partial charge in [0.15, 0.2) is 0 Å². The van der Waals surface area contributed by atoms with E-state index in [0.717, 1.165) is 25.7 Å². The average molecular weight is 509 g/mol. The van der Waals surface area contributed by atoms with Crippen molar-refractivity contribution in [3.8, 4) is 0 Å². The zero-order valence-electron chi connectivity index (χ0n) is 18.2. The Morgan fingerprint density at radius 3 is 2.31 bits per heavy atom. The fourth-order valence-electron chi connectivity index (χ4n) is 6.12. The monoisotopic (exact) mass is 509 g/mol. The first kappa shape index (κ1) is 22.8. The van der Waals surface area contributed by atoms with Crippen LogP contribution in [0, 0.1) is 0 Å². The highest BCUT2D eigenvalue weighted by atomic mass is 127. The van der Waals surface area contributed by atoms with Crippen molar-refractivity contribution in [3.63, 3.8) is 0 Å². The summed E-state index contributed by atoms with van der Waals surface area (Å²) in [6, 6.07) is 12.6. The molecule has 160 valence electrons. The van der Waals surface area contributed by atoms with Gasteiger partial charge in [-0.2, -0.15) is 0 Å². The van der Waals surface area contributed by atoms with Gasteiger partial charge in [0, 0.05) is 25.7 Å². The SMILES string of the molecule is CC(C)[N+]1(C)C2CCC1CC(OC(=O)CC1=C(c3ccccc3)CCCC1)C2.[I-]. The van der Waals surface area contributed by atoms with E-state index in [1.807, 2.05) is 0 Å². The van der Waals surface area contributed by atoms with E-state index in [4.69, 9.17) is 4.74 Å². The predicted molar refractivity (Wildman–Crippen MR) is 114 cm³/mol. The van der Waals surface area contributed by atoms with Crippen molar-refractivity contribution in [2.24, 2.45) is 0 Å². The third-order valence-electron chi connectivity index (χ3n) is 7.95. The number of benzene rings is 1. The number of quaternary nitrogens is 1. The molecule has 0 amide bonds. The lowest BCUT2D eigenvalue weighted by molar-refractivity contribution is -0.968. The largest absolute Gasteiger partial charge is 1.00 e. The molecule has 2 saturated heterocycles. The maximum atomic E-state index is 12.8. The summed E-state index contributed by atoms with van der Waals surface area (Å²) in [4.78, 5) is 12.8. The van der Waals surface area contributed by atoms with E-state index in [1.165, 1.54) is 46.9 Å². The molecule has 1 aliphatic carbocycles. The van der Waals surface area contributed by atoms with Gasteiger partial charge in [0.05, 0.1) is 31.6 Å². The second kappa shape index (κ2) is 9.51. The molecule has 0 spiro atoms. The number of carbonyl (C=O) groups is 1. The summed E-state index contributed by atoms with van der Waals surface area (Å²) in [5.41, 5.74) is 3.98. The second-order valence-electron chi connectivity index (χ2n) is 9.62. The Bertz CT molecular complexity index is 728. The molecule has 2 aliphatic heterocycles. The Labute approximate surface area is 193 Å². The topological polar surface area (TPSA) is 26.3 Å². The minimum atomic E-state index is -0.00428. The minimum absolute atomic E-state index is 0. The van der Waals surface area contributed by atoms with E-state index in [1.54, 1.807) is 0 Å². The summed E-state index contributed by atoms with van der Waals surface area (Å²) >= 11 is 0. The van der Waals surface area contributed by atoms with Gasteiger partial charge < -0.3 is 33.2 Å². The van der Waals surface area contributed by atoms with Crippen LogP contribution in [0.5, 0.6) is 0 Å². The first-order chi connectivity index (χ1) is 13.5. The number of piperidine rings is 1. The molecule has 2 fully saturated rings. The van der Waals surface area contributed by atoms with Gasteiger partial charge in [-0.1, -0.05) is 35.9 Å². The molecule has 0 radical (unpaired) electrons. The molecule has 2 heterocycles. The lowest BCUT2D eigenvalue weighted by Gasteiger charge is -2.49. The van der Waals surface area contributed by atoms with Crippen LogP contribution in [-0.4, -0.2) is 41.7 Å². The van der Waals surface area contributed by atoms with Gasteiger partial charge in [-0.3, -0.25) is 4.79 Å². The quantitative estimate of drug-likeness (QED) is 0.347. The zero-order valence-corrected chi connectivity index (χ0v) is 20.4. The average Bonchev–Trinajstić information content (AvgIpc) is 2.87. The van der Waals surface area contributed by atoms with Gasteiger partial charge >= 0.3 is 5.97 Å². The molecule has 0 aromatic heterocycles. The van der Waals surface area contributed by atoms with Crippen molar-refractivity contribution in [2.75, 3.05) is 7.05 Å². The van der Waals surface area contributed by atoms with Gasteiger partial charge in [0.1, 0.15) is 6.10 Å². The molecule has 2 bridgehead atoms. The summed E-state index contributed by atoms with van der Waals surface area (Å²) in [6.07, 6.45) is 9.81. The van der Waals surface area contributed by atoms with E-state index in [9.17, 15) is 4.79 Å². The van der Waals surface area contributed by atoms with Crippen molar-refractivity contribution in [1.29, 1.82) is 0 Å². The number of esters is 1. The highest BCUT2D eigenvalue weighted by Crippen LogP contribution is 2.44. The maximum Gasteiger partial charge on any atom is 0.310 e. The lowest BCUT2D eigenvalue weighted by atomic mass is 9.86. The molecule has 3 aliphatic rings. The van der Waals surface area contributed by atoms with Crippen LogP contribution < -0.4 is 24.0 Å². The number of allylic oxidation sites excluding steroid dienone is 1. The van der Waals surface area contributed by atoms with Crippen LogP contribution in [0.15, 0.2) is 35.9 Å². The number of hydrogen-bond acceptors (Lipinski definition) is 2. The van der Waals surface area contributed by atoms with Crippen LogP contribution in [0.1, 0.15) is 77.2 Å². The molecular weight excluding hydrogens is 473 g/mol. The summed E-state index contributed by atoms with van der Waals surface area (Å²) in [7, 11) is 2.42. The highest BCUT2D eigenvalue weighted by molar-refractivity contribution is 5.79. The van der Waals surface area contributed by atoms with Crippen LogP contribution in [-0.2, 0) is 9.53 Å². The molecule has 4 rings (SSSR count). The van der Waals surface area contributed by atoms with Gasteiger partial charge in [0.25, 0.3) is 0 Å². The fraction of sp³-hybridized carbons (Fsp3) is 0.640. The Morgan fingerprint density at radius 1 is 1.07 bits per heavy atom. The summed E-state index contributed by atoms with van der Waals surface area (Å²) in [5, 5.41) is 0. The molecule has 3 nitrogen and oxygen atoms in total. The number of nitrogens with zero attached hydrogens (tertiary/aromatic N) is 1. The Kier molecular flexibility index (Phi) is 7.47. The first-order valence-electron chi connectivity index (χ1n) is 11.3. The maximum absolute atomic E-state index is 12.8. The fourth-order valence-corrected chi connectivity index (χ4v) is 6.12. The zero-order chi connectivity index (χ0) is 19.7. The first-order valence-corrected chi connectivity index (χ1v) is 11.3. The minimum Gasteiger partial charge on any atom is -1.00 e. The van der Waals surface area contributed by atoms with Gasteiger partial charge in [-0.05, 0) is 50.7 Å². The van der Waals surface area contributed by atoms with Crippen LogP contribution in [0.4, 0.5) is 0 Å². The Morgan fingerprint density at radius 2 is 1.69 bits per heavy atom. The Balaban J connectivity index is 0.00000240. The molecule has 2 unspecified atom stereocenters. The van der Waals surface area contributed by atoms with Crippen molar-refractivity contribution in [2.45, 2.75) is 95.9 Å². The van der Waals surface area contributed by atoms with Crippen molar-refractivity contribution in [1.82, 2.24) is 0 Å². The van der Waals surface area contributed by atoms with Crippen molar-refractivity contribution >= 4 is 11.5 Å². The van der Waals surface area contributed by atoms with Gasteiger partial charge in [0.2, 0.25) is 0 Å². The standard InChI is InChI=1S/C25H36NO2.HI/c1-18(2)26(3)21-13-14-22(26)17-23(16-21)28-25(27)15-20-11-7-8-12-24(20)19-9-5-4-6-10-19;/h4-6,9-10,18,21-23H,7-8,11-17H2,1-3H3;1H/q+1;/p-1. The molecule has 1 aromatic rings. The van der Waals surface area contributed by atoms with Gasteiger partial charge in [-0.15, -0.1) is 0 Å². The number of carbonyl (C=O) groups excluding carboxylic acids is 1. The van der Waals surface area contributed by atoms with Crippen LogP contribution in [0.25, 0.3) is 5.57 Å².